The van der Waals surface area contributed by atoms with Crippen molar-refractivity contribution in [2.75, 3.05) is 21.7 Å². The van der Waals surface area contributed by atoms with Crippen LogP contribution in [0, 0.1) is 0 Å². The number of ketones is 2. The van der Waals surface area contributed by atoms with Gasteiger partial charge in [-0.3, -0.25) is 9.59 Å². The Kier molecular flexibility index (Phi) is 10.6. The van der Waals surface area contributed by atoms with Crippen LogP contribution in [0.15, 0.2) is 186 Å². The van der Waals surface area contributed by atoms with Crippen molar-refractivity contribution in [2.45, 2.75) is 0 Å². The SMILES string of the molecule is Nc1ccc(N=C2C=CC(=O)C=C2)cc1Nc1ccccc1.O=C1C=CC(=Nc2cc(Nc3ccccc3)cc(Nc3ccccc3)c2)C=C1. The number of rotatable bonds is 8. The maximum Gasteiger partial charge on any atom is 0.178 e. The van der Waals surface area contributed by atoms with E-state index in [1.807, 2.05) is 127 Å². The van der Waals surface area contributed by atoms with Gasteiger partial charge >= 0.3 is 0 Å². The molecule has 0 bridgehead atoms. The van der Waals surface area contributed by atoms with E-state index in [9.17, 15) is 9.59 Å². The van der Waals surface area contributed by atoms with Crippen molar-refractivity contribution in [2.24, 2.45) is 9.98 Å². The Morgan fingerprint density at radius 2 is 0.820 bits per heavy atom. The van der Waals surface area contributed by atoms with Gasteiger partial charge in [0.2, 0.25) is 0 Å². The van der Waals surface area contributed by atoms with Gasteiger partial charge < -0.3 is 21.7 Å². The van der Waals surface area contributed by atoms with Crippen LogP contribution in [0.25, 0.3) is 0 Å². The molecule has 8 nitrogen and oxygen atoms in total. The van der Waals surface area contributed by atoms with E-state index in [0.717, 1.165) is 56.9 Å². The summed E-state index contributed by atoms with van der Waals surface area (Å²) in [6.07, 6.45) is 12.9. The van der Waals surface area contributed by atoms with Gasteiger partial charge in [-0.15, -0.1) is 0 Å². The summed E-state index contributed by atoms with van der Waals surface area (Å²) in [7, 11) is 0. The van der Waals surface area contributed by atoms with Gasteiger partial charge in [0, 0.05) is 28.4 Å². The zero-order chi connectivity index (χ0) is 34.5. The molecule has 0 saturated carbocycles. The molecule has 5 aromatic rings. The third kappa shape index (κ3) is 9.73. The third-order valence-corrected chi connectivity index (χ3v) is 7.32. The molecule has 0 radical (unpaired) electrons. The van der Waals surface area contributed by atoms with E-state index in [4.69, 9.17) is 5.73 Å². The van der Waals surface area contributed by atoms with Gasteiger partial charge in [-0.1, -0.05) is 54.6 Å². The fourth-order valence-corrected chi connectivity index (χ4v) is 4.93. The van der Waals surface area contributed by atoms with Gasteiger partial charge in [0.1, 0.15) is 0 Å². The summed E-state index contributed by atoms with van der Waals surface area (Å²) < 4.78 is 0. The van der Waals surface area contributed by atoms with Crippen LogP contribution in [-0.4, -0.2) is 23.0 Å². The maximum absolute atomic E-state index is 11.3. The number of hydrogen-bond acceptors (Lipinski definition) is 8. The molecule has 7 rings (SSSR count). The summed E-state index contributed by atoms with van der Waals surface area (Å²) in [6, 6.07) is 41.3. The number of allylic oxidation sites excluding steroid dienone is 8. The lowest BCUT2D eigenvalue weighted by Gasteiger charge is -2.12. The number of nitrogen functional groups attached to an aromatic ring is 1. The number of nitrogens with one attached hydrogen (secondary N) is 3. The molecular formula is C42H34N6O2. The van der Waals surface area contributed by atoms with Gasteiger partial charge in [-0.05, 0) is 121 Å². The zero-order valence-corrected chi connectivity index (χ0v) is 27.0. The molecular weight excluding hydrogens is 621 g/mol. The van der Waals surface area contributed by atoms with Crippen LogP contribution in [0.1, 0.15) is 0 Å². The van der Waals surface area contributed by atoms with Gasteiger partial charge in [0.15, 0.2) is 11.6 Å². The summed E-state index contributed by atoms with van der Waals surface area (Å²) in [5, 5.41) is 10.1. The van der Waals surface area contributed by atoms with Crippen LogP contribution in [-0.2, 0) is 9.59 Å². The van der Waals surface area contributed by atoms with Crippen LogP contribution >= 0.6 is 0 Å². The fourth-order valence-electron chi connectivity index (χ4n) is 4.93. The smallest absolute Gasteiger partial charge is 0.178 e. The lowest BCUT2D eigenvalue weighted by Crippen LogP contribution is -1.99. The first-order valence-corrected chi connectivity index (χ1v) is 15.9. The molecule has 0 amide bonds. The first kappa shape index (κ1) is 32.9. The molecule has 0 saturated heterocycles. The summed E-state index contributed by atoms with van der Waals surface area (Å²) in [5.41, 5.74) is 15.3. The summed E-state index contributed by atoms with van der Waals surface area (Å²) in [4.78, 5) is 31.6. The first-order chi connectivity index (χ1) is 24.4. The van der Waals surface area contributed by atoms with Crippen molar-refractivity contribution >= 4 is 74.2 Å². The molecule has 0 aliphatic heterocycles. The molecule has 244 valence electrons. The Morgan fingerprint density at radius 3 is 1.28 bits per heavy atom. The Balaban J connectivity index is 0.000000178. The summed E-state index contributed by atoms with van der Waals surface area (Å²) in [6.45, 7) is 0. The van der Waals surface area contributed by atoms with Crippen molar-refractivity contribution in [3.05, 3.63) is 176 Å². The molecule has 2 aliphatic carbocycles. The summed E-state index contributed by atoms with van der Waals surface area (Å²) in [5.74, 6) is -0.0485. The van der Waals surface area contributed by atoms with E-state index in [1.54, 1.807) is 24.3 Å². The standard InChI is InChI=1S/C24H19N3O.C18H15N3O/c28-24-13-11-20(12-14-24)27-23-16-21(25-18-7-3-1-4-8-18)15-22(17-23)26-19-9-5-2-6-10-19;19-17-11-8-15(20-14-6-9-16(22)10-7-14)12-18(17)21-13-4-2-1-3-5-13/h1-17,25-26H;1-12,21H,19H2. The number of hydrogen-bond donors (Lipinski definition) is 4. The molecule has 50 heavy (non-hydrogen) atoms. The average molecular weight is 655 g/mol. The molecule has 2 aliphatic rings. The number of anilines is 7. The number of aliphatic imine (C=N–C) groups is 2. The third-order valence-electron chi connectivity index (χ3n) is 7.32. The normalized spacial score (nSPS) is 13.0. The molecule has 0 spiro atoms. The fraction of sp³-hybridized carbons (Fsp3) is 0. The minimum atomic E-state index is -0.0253. The quantitative estimate of drug-likeness (QED) is 0.0977. The Morgan fingerprint density at radius 1 is 0.400 bits per heavy atom. The molecule has 0 fully saturated rings. The average Bonchev–Trinajstić information content (AvgIpc) is 3.13. The minimum Gasteiger partial charge on any atom is -0.397 e. The highest BCUT2D eigenvalue weighted by Crippen LogP contribution is 2.30. The predicted octanol–water partition coefficient (Wildman–Crippen LogP) is 9.72. The van der Waals surface area contributed by atoms with E-state index in [0.29, 0.717) is 5.69 Å². The number of nitrogens with zero attached hydrogens (tertiary/aromatic N) is 2. The Hall–Kier alpha value is -7.06. The summed E-state index contributed by atoms with van der Waals surface area (Å²) >= 11 is 0. The van der Waals surface area contributed by atoms with Gasteiger partial charge in [0.05, 0.1) is 34.2 Å². The molecule has 0 aromatic heterocycles. The highest BCUT2D eigenvalue weighted by atomic mass is 16.1. The van der Waals surface area contributed by atoms with Crippen molar-refractivity contribution in [3.8, 4) is 0 Å². The Bertz CT molecular complexity index is 2070. The lowest BCUT2D eigenvalue weighted by molar-refractivity contribution is -0.111. The van der Waals surface area contributed by atoms with Crippen molar-refractivity contribution in [1.82, 2.24) is 0 Å². The molecule has 5 N–H and O–H groups in total. The molecule has 5 aromatic carbocycles. The number of carbonyl (C=O) groups excluding carboxylic acids is 2. The topological polar surface area (TPSA) is 121 Å². The van der Waals surface area contributed by atoms with Crippen LogP contribution in [0.3, 0.4) is 0 Å². The molecule has 8 heteroatoms. The molecule has 0 atom stereocenters. The van der Waals surface area contributed by atoms with E-state index in [-0.39, 0.29) is 11.6 Å². The van der Waals surface area contributed by atoms with E-state index < -0.39 is 0 Å². The van der Waals surface area contributed by atoms with Crippen LogP contribution in [0.4, 0.5) is 51.2 Å². The highest BCUT2D eigenvalue weighted by molar-refractivity contribution is 6.18. The van der Waals surface area contributed by atoms with Gasteiger partial charge in [-0.25, -0.2) is 9.98 Å². The van der Waals surface area contributed by atoms with Gasteiger partial charge in [-0.2, -0.15) is 0 Å². The van der Waals surface area contributed by atoms with E-state index in [2.05, 4.69) is 25.9 Å². The second-order valence-corrected chi connectivity index (χ2v) is 11.2. The predicted molar refractivity (Wildman–Crippen MR) is 207 cm³/mol. The van der Waals surface area contributed by atoms with Crippen molar-refractivity contribution < 1.29 is 9.59 Å². The maximum atomic E-state index is 11.3. The zero-order valence-electron chi connectivity index (χ0n) is 27.0. The first-order valence-electron chi connectivity index (χ1n) is 15.9. The van der Waals surface area contributed by atoms with Crippen LogP contribution in [0.2, 0.25) is 0 Å². The molecule has 0 heterocycles. The van der Waals surface area contributed by atoms with Crippen LogP contribution in [0.5, 0.6) is 0 Å². The monoisotopic (exact) mass is 654 g/mol. The molecule has 0 unspecified atom stereocenters. The number of para-hydroxylation sites is 3. The van der Waals surface area contributed by atoms with E-state index in [1.165, 1.54) is 24.3 Å². The van der Waals surface area contributed by atoms with E-state index >= 15 is 0 Å². The highest BCUT2D eigenvalue weighted by Gasteiger charge is 2.06. The number of benzene rings is 5. The number of carbonyl (C=O) groups is 2. The number of nitrogens with two attached hydrogens (primary N) is 1. The Labute approximate surface area is 290 Å². The van der Waals surface area contributed by atoms with Crippen molar-refractivity contribution in [3.63, 3.8) is 0 Å². The second kappa shape index (κ2) is 16.2. The minimum absolute atomic E-state index is 0.0233. The second-order valence-electron chi connectivity index (χ2n) is 11.2. The van der Waals surface area contributed by atoms with Gasteiger partial charge in [0.25, 0.3) is 0 Å². The van der Waals surface area contributed by atoms with Crippen molar-refractivity contribution in [1.29, 1.82) is 0 Å². The van der Waals surface area contributed by atoms with Crippen LogP contribution < -0.4 is 21.7 Å². The largest absolute Gasteiger partial charge is 0.397 e. The lowest BCUT2D eigenvalue weighted by atomic mass is 10.1.